The lowest BCUT2D eigenvalue weighted by Gasteiger charge is -2.33. The predicted molar refractivity (Wildman–Crippen MR) is 142 cm³/mol. The number of thiazole rings is 1. The molecule has 1 aromatic carbocycles. The molecule has 3 heterocycles. The summed E-state index contributed by atoms with van der Waals surface area (Å²) < 4.78 is 63.5. The van der Waals surface area contributed by atoms with E-state index in [1.54, 1.807) is 5.38 Å². The van der Waals surface area contributed by atoms with Gasteiger partial charge in [-0.05, 0) is 43.4 Å². The van der Waals surface area contributed by atoms with E-state index in [0.29, 0.717) is 5.01 Å². The largest absolute Gasteiger partial charge is 0.481 e. The fourth-order valence-electron chi connectivity index (χ4n) is 5.18. The van der Waals surface area contributed by atoms with Gasteiger partial charge in [0.05, 0.1) is 31.2 Å². The van der Waals surface area contributed by atoms with Crippen LogP contribution in [0.15, 0.2) is 40.0 Å². The lowest BCUT2D eigenvalue weighted by atomic mass is 9.89. The molecule has 0 bridgehead atoms. The van der Waals surface area contributed by atoms with E-state index >= 15 is 0 Å². The summed E-state index contributed by atoms with van der Waals surface area (Å²) in [4.78, 5) is 34.7. The maximum atomic E-state index is 15.0. The summed E-state index contributed by atoms with van der Waals surface area (Å²) in [6, 6.07) is 1.03. The van der Waals surface area contributed by atoms with Crippen LogP contribution in [0.2, 0.25) is 0 Å². The third-order valence-corrected chi connectivity index (χ3v) is 8.02. The molecule has 2 aromatic rings. The van der Waals surface area contributed by atoms with Gasteiger partial charge in [-0.2, -0.15) is 0 Å². The first-order valence-electron chi connectivity index (χ1n) is 12.9. The lowest BCUT2D eigenvalue weighted by Crippen LogP contribution is -2.44. The van der Waals surface area contributed by atoms with E-state index < -0.39 is 60.5 Å². The van der Waals surface area contributed by atoms with Gasteiger partial charge < -0.3 is 20.3 Å². The molecule has 0 aliphatic carbocycles. The van der Waals surface area contributed by atoms with Crippen LogP contribution in [0.5, 0.6) is 0 Å². The molecule has 0 amide bonds. The Morgan fingerprint density at radius 1 is 1.24 bits per heavy atom. The van der Waals surface area contributed by atoms with Crippen LogP contribution in [0, 0.1) is 18.6 Å². The molecule has 1 fully saturated rings. The van der Waals surface area contributed by atoms with Gasteiger partial charge in [-0.25, -0.2) is 27.3 Å². The summed E-state index contributed by atoms with van der Waals surface area (Å²) in [5.74, 6) is -7.28. The van der Waals surface area contributed by atoms with Crippen LogP contribution in [-0.4, -0.2) is 76.1 Å². The van der Waals surface area contributed by atoms with Crippen LogP contribution >= 0.6 is 11.3 Å². The normalized spacial score (nSPS) is 23.6. The monoisotopic (exact) mass is 598 g/mol. The number of alkyl halides is 2. The van der Waals surface area contributed by atoms with Gasteiger partial charge in [0, 0.05) is 36.8 Å². The zero-order valence-corrected chi connectivity index (χ0v) is 23.2. The molecule has 2 atom stereocenters. The van der Waals surface area contributed by atoms with Crippen LogP contribution in [0.1, 0.15) is 54.3 Å². The number of carboxylic acids is 1. The van der Waals surface area contributed by atoms with Crippen molar-refractivity contribution in [2.24, 2.45) is 4.99 Å². The van der Waals surface area contributed by atoms with Crippen molar-refractivity contribution in [3.05, 3.63) is 62.7 Å². The lowest BCUT2D eigenvalue weighted by molar-refractivity contribution is -0.143. The fraction of sp³-hybridized carbons (Fsp3) is 0.481. The molecule has 2 aliphatic heterocycles. The number of carbonyl (C=O) groups excluding carboxylic acids is 1. The number of amidine groups is 1. The van der Waals surface area contributed by atoms with Crippen molar-refractivity contribution in [3.8, 4) is 0 Å². The summed E-state index contributed by atoms with van der Waals surface area (Å²) in [6.45, 7) is 0.230. The van der Waals surface area contributed by atoms with E-state index in [1.807, 2.05) is 0 Å². The standard InChI is InChI=1S/C27H30F4N4O5S/c1-15-16(4-5-17(28)21(15)29)22-20(25(38)40-2)18(33-23(34-22)24-32-9-11-41-24)13-35-10-8-26(39,12-19(36)37)6-3-7-27(30,31)14-35/h4-5,9,11,22,39H,3,6-8,10,12-14H2,1-2H3,(H,33,34)(H,36,37). The maximum absolute atomic E-state index is 15.0. The smallest absolute Gasteiger partial charge is 0.338 e. The second-order valence-electron chi connectivity index (χ2n) is 10.3. The Morgan fingerprint density at radius 2 is 2.00 bits per heavy atom. The number of halogens is 4. The minimum atomic E-state index is -3.17. The van der Waals surface area contributed by atoms with E-state index in [1.165, 1.54) is 35.4 Å². The number of methoxy groups -OCH3 is 1. The molecule has 2 aliphatic rings. The van der Waals surface area contributed by atoms with Gasteiger partial charge in [0.25, 0.3) is 5.92 Å². The van der Waals surface area contributed by atoms with Gasteiger partial charge in [-0.1, -0.05) is 6.07 Å². The fourth-order valence-corrected chi connectivity index (χ4v) is 5.77. The number of benzene rings is 1. The van der Waals surface area contributed by atoms with Crippen LogP contribution in [-0.2, 0) is 14.3 Å². The molecule has 1 saturated heterocycles. The second kappa shape index (κ2) is 12.2. The summed E-state index contributed by atoms with van der Waals surface area (Å²) in [5, 5.41) is 25.3. The molecule has 0 spiro atoms. The number of aromatic nitrogens is 1. The third-order valence-electron chi connectivity index (χ3n) is 7.24. The highest BCUT2D eigenvalue weighted by Gasteiger charge is 2.40. The summed E-state index contributed by atoms with van der Waals surface area (Å²) >= 11 is 1.21. The Kier molecular flexibility index (Phi) is 9.14. The van der Waals surface area contributed by atoms with Crippen molar-refractivity contribution in [2.45, 2.75) is 56.6 Å². The van der Waals surface area contributed by atoms with E-state index in [-0.39, 0.29) is 60.6 Å². The number of ether oxygens (including phenoxy) is 1. The van der Waals surface area contributed by atoms with Crippen LogP contribution in [0.25, 0.3) is 0 Å². The number of carboxylic acid groups (broad SMARTS) is 1. The number of aliphatic hydroxyl groups is 1. The first kappa shape index (κ1) is 30.6. The van der Waals surface area contributed by atoms with Crippen molar-refractivity contribution in [3.63, 3.8) is 0 Å². The van der Waals surface area contributed by atoms with Crippen molar-refractivity contribution < 1.29 is 42.1 Å². The molecule has 0 saturated carbocycles. The van der Waals surface area contributed by atoms with Gasteiger partial charge in [-0.3, -0.25) is 14.7 Å². The molecular weight excluding hydrogens is 568 g/mol. The zero-order chi connectivity index (χ0) is 29.9. The molecule has 1 aromatic heterocycles. The van der Waals surface area contributed by atoms with Gasteiger partial charge in [0.1, 0.15) is 6.04 Å². The molecule has 3 N–H and O–H groups in total. The Labute approximate surface area is 237 Å². The highest BCUT2D eigenvalue weighted by molar-refractivity contribution is 7.11. The number of hydrogen-bond acceptors (Lipinski definition) is 9. The molecule has 2 unspecified atom stereocenters. The summed E-state index contributed by atoms with van der Waals surface area (Å²) in [5.41, 5.74) is -1.58. The minimum Gasteiger partial charge on any atom is -0.481 e. The Morgan fingerprint density at radius 3 is 2.66 bits per heavy atom. The van der Waals surface area contributed by atoms with E-state index in [9.17, 15) is 37.4 Å². The average Bonchev–Trinajstić information content (AvgIpc) is 3.45. The number of nitrogens with one attached hydrogen (secondary N) is 1. The predicted octanol–water partition coefficient (Wildman–Crippen LogP) is 3.97. The molecule has 0 radical (unpaired) electrons. The number of aliphatic imine (C=N–C) groups is 1. The summed E-state index contributed by atoms with van der Waals surface area (Å²) in [7, 11) is 1.13. The average molecular weight is 599 g/mol. The van der Waals surface area contributed by atoms with Crippen molar-refractivity contribution in [1.29, 1.82) is 0 Å². The Balaban J connectivity index is 1.80. The molecule has 14 heteroatoms. The first-order valence-corrected chi connectivity index (χ1v) is 13.8. The van der Waals surface area contributed by atoms with Crippen LogP contribution in [0.4, 0.5) is 17.6 Å². The molecule has 222 valence electrons. The zero-order valence-electron chi connectivity index (χ0n) is 22.4. The Hall–Kier alpha value is -3.36. The Bertz CT molecular complexity index is 1370. The highest BCUT2D eigenvalue weighted by Crippen LogP contribution is 2.37. The minimum absolute atomic E-state index is 0.0721. The first-order chi connectivity index (χ1) is 19.3. The van der Waals surface area contributed by atoms with Gasteiger partial charge in [-0.15, -0.1) is 11.3 Å². The van der Waals surface area contributed by atoms with Gasteiger partial charge >= 0.3 is 11.9 Å². The molecule has 4 rings (SSSR count). The van der Waals surface area contributed by atoms with E-state index in [2.05, 4.69) is 15.3 Å². The molecule has 9 nitrogen and oxygen atoms in total. The van der Waals surface area contributed by atoms with Crippen molar-refractivity contribution in [1.82, 2.24) is 15.2 Å². The van der Waals surface area contributed by atoms with E-state index in [4.69, 9.17) is 4.74 Å². The quantitative estimate of drug-likeness (QED) is 0.323. The van der Waals surface area contributed by atoms with Crippen LogP contribution < -0.4 is 5.32 Å². The van der Waals surface area contributed by atoms with Gasteiger partial charge in [0.15, 0.2) is 22.5 Å². The molecular formula is C27H30F4N4O5S. The molecule has 41 heavy (non-hydrogen) atoms. The van der Waals surface area contributed by atoms with Crippen LogP contribution in [0.3, 0.4) is 0 Å². The third kappa shape index (κ3) is 7.11. The number of rotatable bonds is 7. The number of esters is 1. The SMILES string of the molecule is COC(=O)C1=C(CN2CCC(O)(CC(=O)O)CCCC(F)(F)C2)NC(c2nccs2)=NC1c1ccc(F)c(F)c1C. The maximum Gasteiger partial charge on any atom is 0.338 e. The second-order valence-corrected chi connectivity index (χ2v) is 11.2. The highest BCUT2D eigenvalue weighted by atomic mass is 32.1. The number of aliphatic carboxylic acids is 1. The van der Waals surface area contributed by atoms with Gasteiger partial charge in [0.2, 0.25) is 0 Å². The summed E-state index contributed by atoms with van der Waals surface area (Å²) in [6.07, 6.45) is 0.0817. The number of hydrogen-bond donors (Lipinski definition) is 3. The number of nitrogens with zero attached hydrogens (tertiary/aromatic N) is 3. The van der Waals surface area contributed by atoms with Crippen molar-refractivity contribution >= 4 is 29.1 Å². The topological polar surface area (TPSA) is 124 Å². The number of carbonyl (C=O) groups is 2. The van der Waals surface area contributed by atoms with E-state index in [0.717, 1.165) is 13.2 Å². The van der Waals surface area contributed by atoms with Crippen molar-refractivity contribution in [2.75, 3.05) is 26.7 Å².